The summed E-state index contributed by atoms with van der Waals surface area (Å²) in [5.74, 6) is 3.30. The van der Waals surface area contributed by atoms with Gasteiger partial charge in [-0.15, -0.1) is 0 Å². The van der Waals surface area contributed by atoms with E-state index < -0.39 is 0 Å². The van der Waals surface area contributed by atoms with E-state index in [-0.39, 0.29) is 0 Å². The van der Waals surface area contributed by atoms with E-state index in [4.69, 9.17) is 0 Å². The van der Waals surface area contributed by atoms with Gasteiger partial charge in [0.1, 0.15) is 0 Å². The molecule has 0 aromatic carbocycles. The summed E-state index contributed by atoms with van der Waals surface area (Å²) >= 11 is 17.7. The van der Waals surface area contributed by atoms with Crippen LogP contribution in [0.4, 0.5) is 0 Å². The molecule has 0 unspecified atom stereocenters. The number of hydrogen-bond acceptors (Lipinski definition) is 10. The van der Waals surface area contributed by atoms with Gasteiger partial charge in [-0.2, -0.15) is 50.5 Å². The third-order valence-electron chi connectivity index (χ3n) is 4.59. The first kappa shape index (κ1) is 29.2. The van der Waals surface area contributed by atoms with E-state index in [1.54, 1.807) is 0 Å². The van der Waals surface area contributed by atoms with Crippen molar-refractivity contribution >= 4 is 50.5 Å². The maximum Gasteiger partial charge on any atom is 0.0281 e. The van der Waals surface area contributed by atoms with Crippen LogP contribution in [0.2, 0.25) is 0 Å². The molecule has 10 heteroatoms. The Morgan fingerprint density at radius 2 is 1.11 bits per heavy atom. The van der Waals surface area contributed by atoms with Gasteiger partial charge in [-0.05, 0) is 33.1 Å². The molecule has 0 aromatic heterocycles. The zero-order chi connectivity index (χ0) is 21.0. The van der Waals surface area contributed by atoms with Crippen molar-refractivity contribution in [2.24, 2.45) is 0 Å². The number of hydrogen-bond donors (Lipinski definition) is 10. The van der Waals surface area contributed by atoms with Crippen molar-refractivity contribution in [1.29, 1.82) is 0 Å². The summed E-state index contributed by atoms with van der Waals surface area (Å²) in [5.41, 5.74) is 0. The minimum Gasteiger partial charge on any atom is -0.315 e. The van der Waals surface area contributed by atoms with E-state index in [1.807, 2.05) is 7.05 Å². The Hall–Kier alpha value is 1.16. The molecule has 0 heterocycles. The molecule has 170 valence electrons. The van der Waals surface area contributed by atoms with Crippen LogP contribution < -0.4 is 31.9 Å². The van der Waals surface area contributed by atoms with E-state index in [0.717, 1.165) is 75.2 Å². The lowest BCUT2D eigenvalue weighted by atomic mass is 10.2. The molecule has 4 atom stereocenters. The number of likely N-dealkylation sites (N-methyl/N-ethyl adjacent to an activating group) is 2. The molecule has 0 aliphatic carbocycles. The smallest absolute Gasteiger partial charge is 0.0281 e. The van der Waals surface area contributed by atoms with Gasteiger partial charge in [-0.3, -0.25) is 0 Å². The molecule has 6 nitrogen and oxygen atoms in total. The highest BCUT2D eigenvalue weighted by atomic mass is 32.1. The predicted molar refractivity (Wildman–Crippen MR) is 140 cm³/mol. The predicted octanol–water partition coefficient (Wildman–Crippen LogP) is -0.243. The zero-order valence-electron chi connectivity index (χ0n) is 17.6. The monoisotopic (exact) mass is 472 g/mol. The van der Waals surface area contributed by atoms with Gasteiger partial charge in [0.2, 0.25) is 0 Å². The van der Waals surface area contributed by atoms with Crippen LogP contribution in [0.25, 0.3) is 0 Å². The number of nitrogens with one attached hydrogen (secondary N) is 6. The summed E-state index contributed by atoms with van der Waals surface area (Å²) in [6.07, 6.45) is 1.09. The third-order valence-corrected chi connectivity index (χ3v) is 6.35. The zero-order valence-corrected chi connectivity index (χ0v) is 21.2. The Labute approximate surface area is 195 Å². The van der Waals surface area contributed by atoms with Crippen LogP contribution in [-0.2, 0) is 0 Å². The average Bonchev–Trinajstić information content (AvgIpc) is 2.73. The van der Waals surface area contributed by atoms with Crippen molar-refractivity contribution in [3.8, 4) is 0 Å². The van der Waals surface area contributed by atoms with E-state index in [0.29, 0.717) is 24.2 Å². The molecule has 0 aliphatic heterocycles. The lowest BCUT2D eigenvalue weighted by molar-refractivity contribution is 0.442. The van der Waals surface area contributed by atoms with Gasteiger partial charge in [0.15, 0.2) is 0 Å². The molecule has 0 aromatic rings. The molecule has 0 radical (unpaired) electrons. The molecule has 6 N–H and O–H groups in total. The van der Waals surface area contributed by atoms with Crippen LogP contribution in [-0.4, -0.2) is 100 Å². The maximum atomic E-state index is 4.48. The van der Waals surface area contributed by atoms with Gasteiger partial charge in [-0.1, -0.05) is 6.92 Å². The summed E-state index contributed by atoms with van der Waals surface area (Å²) in [7, 11) is 1.97. The van der Waals surface area contributed by atoms with Gasteiger partial charge in [-0.25, -0.2) is 0 Å². The Bertz CT molecular complexity index is 326. The molecule has 0 saturated carbocycles. The van der Waals surface area contributed by atoms with Crippen LogP contribution >= 0.6 is 50.5 Å². The molecule has 0 bridgehead atoms. The van der Waals surface area contributed by atoms with E-state index in [1.165, 1.54) is 0 Å². The van der Waals surface area contributed by atoms with E-state index in [2.05, 4.69) is 89.3 Å². The summed E-state index contributed by atoms with van der Waals surface area (Å²) in [4.78, 5) is 0. The second-order valence-electron chi connectivity index (χ2n) is 6.94. The topological polar surface area (TPSA) is 72.2 Å². The maximum absolute atomic E-state index is 4.48. The minimum atomic E-state index is 0.372. The highest BCUT2D eigenvalue weighted by Gasteiger charge is 2.11. The van der Waals surface area contributed by atoms with Crippen molar-refractivity contribution in [3.63, 3.8) is 0 Å². The molecule has 0 amide bonds. The van der Waals surface area contributed by atoms with Gasteiger partial charge in [0.25, 0.3) is 0 Å². The van der Waals surface area contributed by atoms with Crippen molar-refractivity contribution in [3.05, 3.63) is 0 Å². The first-order valence-electron chi connectivity index (χ1n) is 10.4. The molecule has 28 heavy (non-hydrogen) atoms. The van der Waals surface area contributed by atoms with Crippen LogP contribution in [0.5, 0.6) is 0 Å². The Balaban J connectivity index is 3.82. The molecular formula is C18H44N6S4. The molecule has 0 aliphatic rings. The average molecular weight is 473 g/mol. The standard InChI is InChI=1S/C18H44N6S4/c1-3-20-7-16(12-26)24-10-18(14-28)22-6-4-5-21-8-17(13-27)23-9-15(11-25)19-2/h15-28H,3-14H2,1-2H3/t15-,16-,17-,18-/m0/s1. The van der Waals surface area contributed by atoms with Crippen molar-refractivity contribution < 1.29 is 0 Å². The Kier molecular flexibility index (Phi) is 22.3. The second-order valence-corrected chi connectivity index (χ2v) is 8.40. The molecule has 0 saturated heterocycles. The molecule has 0 rings (SSSR count). The number of rotatable bonds is 21. The summed E-state index contributed by atoms with van der Waals surface area (Å²) in [5, 5.41) is 20.8. The van der Waals surface area contributed by atoms with Crippen molar-refractivity contribution in [2.75, 3.05) is 75.9 Å². The molecular weight excluding hydrogens is 429 g/mol. The van der Waals surface area contributed by atoms with E-state index in [9.17, 15) is 0 Å². The Morgan fingerprint density at radius 1 is 0.607 bits per heavy atom. The number of thiol groups is 4. The third kappa shape index (κ3) is 15.9. The van der Waals surface area contributed by atoms with Crippen LogP contribution in [0.3, 0.4) is 0 Å². The highest BCUT2D eigenvalue weighted by Crippen LogP contribution is 1.93. The first-order valence-corrected chi connectivity index (χ1v) is 12.9. The second kappa shape index (κ2) is 21.4. The fourth-order valence-corrected chi connectivity index (χ4v) is 3.68. The first-order chi connectivity index (χ1) is 13.6. The summed E-state index contributed by atoms with van der Waals surface area (Å²) in [6, 6.07) is 1.53. The summed E-state index contributed by atoms with van der Waals surface area (Å²) < 4.78 is 0. The molecule has 0 fully saturated rings. The van der Waals surface area contributed by atoms with Gasteiger partial charge in [0, 0.05) is 73.4 Å². The van der Waals surface area contributed by atoms with Crippen LogP contribution in [0.15, 0.2) is 0 Å². The quantitative estimate of drug-likeness (QED) is 0.0840. The van der Waals surface area contributed by atoms with Crippen molar-refractivity contribution in [2.45, 2.75) is 37.5 Å². The van der Waals surface area contributed by atoms with Crippen LogP contribution in [0.1, 0.15) is 13.3 Å². The van der Waals surface area contributed by atoms with Gasteiger partial charge >= 0.3 is 0 Å². The minimum absolute atomic E-state index is 0.372. The highest BCUT2D eigenvalue weighted by molar-refractivity contribution is 7.80. The summed E-state index contributed by atoms with van der Waals surface area (Å²) in [6.45, 7) is 8.79. The van der Waals surface area contributed by atoms with Crippen LogP contribution in [0, 0.1) is 0 Å². The molecule has 0 spiro atoms. The fourth-order valence-electron chi connectivity index (χ4n) is 2.59. The fraction of sp³-hybridized carbons (Fsp3) is 1.00. The van der Waals surface area contributed by atoms with E-state index >= 15 is 0 Å². The lowest BCUT2D eigenvalue weighted by Crippen LogP contribution is -2.48. The SMILES string of the molecule is CCNC[C@@H](CS)NC[C@@H](CS)NCCCNC[C@@H](CS)NC[C@@H](CS)NC. The normalized spacial score (nSPS) is 16.1. The Morgan fingerprint density at radius 3 is 1.61 bits per heavy atom. The van der Waals surface area contributed by atoms with Crippen molar-refractivity contribution in [1.82, 2.24) is 31.9 Å². The largest absolute Gasteiger partial charge is 0.315 e. The van der Waals surface area contributed by atoms with Gasteiger partial charge in [0.05, 0.1) is 0 Å². The van der Waals surface area contributed by atoms with Gasteiger partial charge < -0.3 is 31.9 Å². The lowest BCUT2D eigenvalue weighted by Gasteiger charge is -2.23.